The molecular formula is C19H30N2O. The molecule has 0 N–H and O–H groups in total. The normalized spacial score (nSPS) is 17.6. The van der Waals surface area contributed by atoms with Gasteiger partial charge in [0.25, 0.3) is 5.91 Å². The zero-order valence-electron chi connectivity index (χ0n) is 14.9. The van der Waals surface area contributed by atoms with E-state index in [1.54, 1.807) is 0 Å². The lowest BCUT2D eigenvalue weighted by Crippen LogP contribution is -2.54. The van der Waals surface area contributed by atoms with Crippen LogP contribution in [0.4, 0.5) is 0 Å². The highest BCUT2D eigenvalue weighted by Crippen LogP contribution is 2.24. The Morgan fingerprint density at radius 3 is 2.05 bits per heavy atom. The van der Waals surface area contributed by atoms with Crippen LogP contribution in [0.25, 0.3) is 0 Å². The number of nitrogens with zero attached hydrogens (tertiary/aromatic N) is 2. The number of carbonyl (C=O) groups is 1. The van der Waals surface area contributed by atoms with E-state index in [9.17, 15) is 4.79 Å². The Hall–Kier alpha value is -1.35. The maximum atomic E-state index is 12.7. The topological polar surface area (TPSA) is 23.6 Å². The zero-order valence-corrected chi connectivity index (χ0v) is 14.9. The van der Waals surface area contributed by atoms with Gasteiger partial charge in [-0.3, -0.25) is 9.69 Å². The van der Waals surface area contributed by atoms with Crippen molar-refractivity contribution in [2.24, 2.45) is 0 Å². The summed E-state index contributed by atoms with van der Waals surface area (Å²) >= 11 is 0. The summed E-state index contributed by atoms with van der Waals surface area (Å²) in [6, 6.07) is 8.10. The van der Waals surface area contributed by atoms with Gasteiger partial charge in [0.1, 0.15) is 0 Å². The Bertz CT molecular complexity index is 529. The second-order valence-electron chi connectivity index (χ2n) is 8.28. The van der Waals surface area contributed by atoms with E-state index in [4.69, 9.17) is 0 Å². The number of hydrogen-bond donors (Lipinski definition) is 0. The maximum absolute atomic E-state index is 12.7. The van der Waals surface area contributed by atoms with Crippen molar-refractivity contribution in [3.05, 3.63) is 35.4 Å². The van der Waals surface area contributed by atoms with Crippen molar-refractivity contribution >= 4 is 5.91 Å². The van der Waals surface area contributed by atoms with Crippen LogP contribution in [0.2, 0.25) is 0 Å². The van der Waals surface area contributed by atoms with Crippen LogP contribution in [0.5, 0.6) is 0 Å². The van der Waals surface area contributed by atoms with Crippen molar-refractivity contribution in [2.45, 2.75) is 52.5 Å². The molecule has 122 valence electrons. The second-order valence-corrected chi connectivity index (χ2v) is 8.28. The van der Waals surface area contributed by atoms with Crippen molar-refractivity contribution in [2.75, 3.05) is 26.2 Å². The van der Waals surface area contributed by atoms with Crippen LogP contribution in [0.15, 0.2) is 24.3 Å². The Morgan fingerprint density at radius 2 is 1.55 bits per heavy atom. The summed E-state index contributed by atoms with van der Waals surface area (Å²) in [7, 11) is 0. The molecule has 0 saturated carbocycles. The Labute approximate surface area is 135 Å². The predicted molar refractivity (Wildman–Crippen MR) is 92.4 cm³/mol. The minimum absolute atomic E-state index is 0.0707. The fourth-order valence-corrected chi connectivity index (χ4v) is 2.88. The molecule has 1 heterocycles. The lowest BCUT2D eigenvalue weighted by molar-refractivity contribution is 0.0451. The van der Waals surface area contributed by atoms with Gasteiger partial charge in [-0.15, -0.1) is 0 Å². The highest BCUT2D eigenvalue weighted by atomic mass is 16.2. The van der Waals surface area contributed by atoms with Gasteiger partial charge in [0.2, 0.25) is 0 Å². The molecule has 3 nitrogen and oxygen atoms in total. The van der Waals surface area contributed by atoms with Crippen LogP contribution in [0, 0.1) is 0 Å². The lowest BCUT2D eigenvalue weighted by atomic mass is 9.86. The summed E-state index contributed by atoms with van der Waals surface area (Å²) in [5.74, 6) is 0.166. The number of piperazine rings is 1. The van der Waals surface area contributed by atoms with Gasteiger partial charge in [-0.25, -0.2) is 0 Å². The fraction of sp³-hybridized carbons (Fsp3) is 0.632. The Kier molecular flexibility index (Phi) is 4.67. The van der Waals surface area contributed by atoms with E-state index in [2.05, 4.69) is 58.6 Å². The fourth-order valence-electron chi connectivity index (χ4n) is 2.88. The quantitative estimate of drug-likeness (QED) is 0.792. The van der Waals surface area contributed by atoms with Crippen LogP contribution in [0.3, 0.4) is 0 Å². The minimum atomic E-state index is 0.0707. The van der Waals surface area contributed by atoms with Crippen LogP contribution in [-0.4, -0.2) is 47.4 Å². The van der Waals surface area contributed by atoms with Gasteiger partial charge in [-0.1, -0.05) is 32.9 Å². The van der Waals surface area contributed by atoms with Gasteiger partial charge < -0.3 is 4.90 Å². The molecular weight excluding hydrogens is 272 g/mol. The second kappa shape index (κ2) is 6.04. The first-order valence-corrected chi connectivity index (χ1v) is 8.24. The summed E-state index contributed by atoms with van der Waals surface area (Å²) < 4.78 is 0. The molecule has 1 aliphatic heterocycles. The molecule has 0 unspecified atom stereocenters. The number of amides is 1. The average molecular weight is 302 g/mol. The maximum Gasteiger partial charge on any atom is 0.253 e. The Balaban J connectivity index is 2.08. The van der Waals surface area contributed by atoms with E-state index < -0.39 is 0 Å². The summed E-state index contributed by atoms with van der Waals surface area (Å²) in [6.07, 6.45) is 0. The molecule has 3 heteroatoms. The van der Waals surface area contributed by atoms with Crippen molar-refractivity contribution < 1.29 is 4.79 Å². The number of rotatable bonds is 1. The summed E-state index contributed by atoms with van der Waals surface area (Å²) in [6.45, 7) is 16.8. The smallest absolute Gasteiger partial charge is 0.253 e. The zero-order chi connectivity index (χ0) is 16.5. The van der Waals surface area contributed by atoms with E-state index in [1.807, 2.05) is 17.0 Å². The molecule has 0 radical (unpaired) electrons. The molecule has 22 heavy (non-hydrogen) atoms. The summed E-state index contributed by atoms with van der Waals surface area (Å²) in [5, 5.41) is 0. The summed E-state index contributed by atoms with van der Waals surface area (Å²) in [5.41, 5.74) is 2.28. The molecule has 0 aromatic heterocycles. The number of carbonyl (C=O) groups excluding carboxylic acids is 1. The SMILES string of the molecule is CC(C)(C)c1cccc(C(=O)N2CCN(C(C)(C)C)CC2)c1. The molecule has 1 aromatic rings. The Morgan fingerprint density at radius 1 is 0.955 bits per heavy atom. The van der Waals surface area contributed by atoms with Gasteiger partial charge in [-0.2, -0.15) is 0 Å². The molecule has 0 atom stereocenters. The first kappa shape index (κ1) is 17.0. The van der Waals surface area contributed by atoms with E-state index >= 15 is 0 Å². The summed E-state index contributed by atoms with van der Waals surface area (Å²) in [4.78, 5) is 17.2. The predicted octanol–water partition coefficient (Wildman–Crippen LogP) is 3.54. The van der Waals surface area contributed by atoms with E-state index in [0.29, 0.717) is 0 Å². The van der Waals surface area contributed by atoms with Gasteiger partial charge >= 0.3 is 0 Å². The van der Waals surface area contributed by atoms with Crippen LogP contribution >= 0.6 is 0 Å². The number of benzene rings is 1. The van der Waals surface area contributed by atoms with Gasteiger partial charge in [-0.05, 0) is 43.9 Å². The third-order valence-electron chi connectivity index (χ3n) is 4.49. The van der Waals surface area contributed by atoms with Crippen molar-refractivity contribution in [3.8, 4) is 0 Å². The van der Waals surface area contributed by atoms with Gasteiger partial charge in [0.15, 0.2) is 0 Å². The van der Waals surface area contributed by atoms with Crippen LogP contribution in [0.1, 0.15) is 57.5 Å². The average Bonchev–Trinajstić information content (AvgIpc) is 2.45. The van der Waals surface area contributed by atoms with Crippen molar-refractivity contribution in [3.63, 3.8) is 0 Å². The van der Waals surface area contributed by atoms with Crippen LogP contribution in [-0.2, 0) is 5.41 Å². The third-order valence-corrected chi connectivity index (χ3v) is 4.49. The molecule has 1 aliphatic rings. The highest BCUT2D eigenvalue weighted by Gasteiger charge is 2.28. The molecule has 0 bridgehead atoms. The first-order valence-electron chi connectivity index (χ1n) is 8.24. The number of hydrogen-bond acceptors (Lipinski definition) is 2. The molecule has 1 aromatic carbocycles. The van der Waals surface area contributed by atoms with E-state index in [-0.39, 0.29) is 16.9 Å². The van der Waals surface area contributed by atoms with Crippen LogP contribution < -0.4 is 0 Å². The van der Waals surface area contributed by atoms with Gasteiger partial charge in [0.05, 0.1) is 0 Å². The van der Waals surface area contributed by atoms with Crippen molar-refractivity contribution in [1.29, 1.82) is 0 Å². The third kappa shape index (κ3) is 3.89. The lowest BCUT2D eigenvalue weighted by Gasteiger charge is -2.42. The van der Waals surface area contributed by atoms with Gasteiger partial charge in [0, 0.05) is 37.3 Å². The first-order chi connectivity index (χ1) is 10.1. The van der Waals surface area contributed by atoms with Crippen molar-refractivity contribution in [1.82, 2.24) is 9.80 Å². The van der Waals surface area contributed by atoms with E-state index in [0.717, 1.165) is 31.7 Å². The standard InChI is InChI=1S/C19H30N2O/c1-18(2,3)16-9-7-8-15(14-16)17(22)20-10-12-21(13-11-20)19(4,5)6/h7-9,14H,10-13H2,1-6H3. The molecule has 0 spiro atoms. The van der Waals surface area contributed by atoms with E-state index in [1.165, 1.54) is 5.56 Å². The monoisotopic (exact) mass is 302 g/mol. The molecule has 1 saturated heterocycles. The molecule has 0 aliphatic carbocycles. The minimum Gasteiger partial charge on any atom is -0.336 e. The largest absolute Gasteiger partial charge is 0.336 e. The molecule has 2 rings (SSSR count). The molecule has 1 amide bonds. The highest BCUT2D eigenvalue weighted by molar-refractivity contribution is 5.94. The molecule has 1 fully saturated rings.